The quantitative estimate of drug-likeness (QED) is 0.767. The Hall–Kier alpha value is -1.29. The SMILES string of the molecule is CN1CCC(CNc2ccc(N)cc2F)C1. The Morgan fingerprint density at radius 3 is 3.00 bits per heavy atom. The number of anilines is 2. The van der Waals surface area contributed by atoms with Crippen molar-refractivity contribution in [3.63, 3.8) is 0 Å². The van der Waals surface area contributed by atoms with Crippen LogP contribution in [0.4, 0.5) is 15.8 Å². The first-order valence-electron chi connectivity index (χ1n) is 5.62. The third-order valence-electron chi connectivity index (χ3n) is 3.06. The fraction of sp³-hybridized carbons (Fsp3) is 0.500. The van der Waals surface area contributed by atoms with Crippen molar-refractivity contribution < 1.29 is 4.39 Å². The fourth-order valence-corrected chi connectivity index (χ4v) is 2.12. The number of rotatable bonds is 3. The Morgan fingerprint density at radius 1 is 1.56 bits per heavy atom. The number of halogens is 1. The van der Waals surface area contributed by atoms with E-state index < -0.39 is 0 Å². The molecule has 1 aliphatic rings. The Bertz CT molecular complexity index is 367. The summed E-state index contributed by atoms with van der Waals surface area (Å²) in [4.78, 5) is 2.30. The van der Waals surface area contributed by atoms with Gasteiger partial charge in [-0.3, -0.25) is 0 Å². The highest BCUT2D eigenvalue weighted by atomic mass is 19.1. The smallest absolute Gasteiger partial charge is 0.148 e. The van der Waals surface area contributed by atoms with E-state index in [2.05, 4.69) is 17.3 Å². The standard InChI is InChI=1S/C12H18FN3/c1-16-5-4-9(8-16)7-15-12-3-2-10(14)6-11(12)13/h2-3,6,9,15H,4-5,7-8,14H2,1H3. The van der Waals surface area contributed by atoms with Crippen LogP contribution < -0.4 is 11.1 Å². The van der Waals surface area contributed by atoms with Gasteiger partial charge in [0.15, 0.2) is 0 Å². The predicted molar refractivity (Wildman–Crippen MR) is 64.9 cm³/mol. The number of likely N-dealkylation sites (tertiary alicyclic amines) is 1. The molecule has 3 nitrogen and oxygen atoms in total. The zero-order valence-corrected chi connectivity index (χ0v) is 9.54. The van der Waals surface area contributed by atoms with E-state index in [1.54, 1.807) is 12.1 Å². The summed E-state index contributed by atoms with van der Waals surface area (Å²) in [5.41, 5.74) is 6.50. The van der Waals surface area contributed by atoms with Gasteiger partial charge in [-0.05, 0) is 44.1 Å². The van der Waals surface area contributed by atoms with Crippen LogP contribution in [0.15, 0.2) is 18.2 Å². The highest BCUT2D eigenvalue weighted by Crippen LogP contribution is 2.19. The van der Waals surface area contributed by atoms with Crippen LogP contribution in [0, 0.1) is 11.7 Å². The molecule has 1 aliphatic heterocycles. The Balaban J connectivity index is 1.89. The molecule has 88 valence electrons. The molecule has 1 fully saturated rings. The Morgan fingerprint density at radius 2 is 2.38 bits per heavy atom. The van der Waals surface area contributed by atoms with Crippen LogP contribution in [0.2, 0.25) is 0 Å². The molecule has 0 spiro atoms. The molecule has 0 aromatic heterocycles. The van der Waals surface area contributed by atoms with E-state index in [4.69, 9.17) is 5.73 Å². The first-order chi connectivity index (χ1) is 7.65. The maximum atomic E-state index is 13.4. The number of nitrogen functional groups attached to an aromatic ring is 1. The highest BCUT2D eigenvalue weighted by Gasteiger charge is 2.19. The van der Waals surface area contributed by atoms with Gasteiger partial charge in [-0.2, -0.15) is 0 Å². The van der Waals surface area contributed by atoms with Gasteiger partial charge in [-0.1, -0.05) is 0 Å². The van der Waals surface area contributed by atoms with Crippen LogP contribution in [0.3, 0.4) is 0 Å². The van der Waals surface area contributed by atoms with Crippen LogP contribution in [0.1, 0.15) is 6.42 Å². The summed E-state index contributed by atoms with van der Waals surface area (Å²) in [6, 6.07) is 4.76. The van der Waals surface area contributed by atoms with Crippen molar-refractivity contribution in [3.05, 3.63) is 24.0 Å². The maximum Gasteiger partial charge on any atom is 0.148 e. The minimum atomic E-state index is -0.272. The molecule has 0 aliphatic carbocycles. The summed E-state index contributed by atoms with van der Waals surface area (Å²) < 4.78 is 13.4. The third-order valence-corrected chi connectivity index (χ3v) is 3.06. The number of nitrogens with zero attached hydrogens (tertiary/aromatic N) is 1. The van der Waals surface area contributed by atoms with Gasteiger partial charge in [0.25, 0.3) is 0 Å². The summed E-state index contributed by atoms with van der Waals surface area (Å²) >= 11 is 0. The lowest BCUT2D eigenvalue weighted by molar-refractivity contribution is 0.399. The molecule has 1 heterocycles. The molecule has 1 atom stereocenters. The van der Waals surface area contributed by atoms with Crippen LogP contribution >= 0.6 is 0 Å². The van der Waals surface area contributed by atoms with Gasteiger partial charge in [0.2, 0.25) is 0 Å². The van der Waals surface area contributed by atoms with E-state index in [9.17, 15) is 4.39 Å². The van der Waals surface area contributed by atoms with Gasteiger partial charge >= 0.3 is 0 Å². The molecule has 0 bridgehead atoms. The zero-order chi connectivity index (χ0) is 11.5. The molecule has 3 N–H and O–H groups in total. The van der Waals surface area contributed by atoms with Gasteiger partial charge in [0, 0.05) is 18.8 Å². The van der Waals surface area contributed by atoms with Crippen LogP contribution in [-0.2, 0) is 0 Å². The molecule has 2 rings (SSSR count). The van der Waals surface area contributed by atoms with Gasteiger partial charge in [-0.25, -0.2) is 4.39 Å². The van der Waals surface area contributed by atoms with Crippen molar-refractivity contribution in [3.8, 4) is 0 Å². The minimum Gasteiger partial charge on any atom is -0.399 e. The number of nitrogens with two attached hydrogens (primary N) is 1. The number of benzene rings is 1. The number of hydrogen-bond acceptors (Lipinski definition) is 3. The van der Waals surface area contributed by atoms with E-state index in [1.165, 1.54) is 12.5 Å². The lowest BCUT2D eigenvalue weighted by atomic mass is 10.1. The second-order valence-electron chi connectivity index (χ2n) is 4.54. The molecular formula is C12H18FN3. The zero-order valence-electron chi connectivity index (χ0n) is 9.54. The van der Waals surface area contributed by atoms with Crippen molar-refractivity contribution in [2.24, 2.45) is 5.92 Å². The lowest BCUT2D eigenvalue weighted by Crippen LogP contribution is -2.19. The van der Waals surface area contributed by atoms with Gasteiger partial charge < -0.3 is 16.0 Å². The average Bonchev–Trinajstić information content (AvgIpc) is 2.63. The van der Waals surface area contributed by atoms with Crippen LogP contribution in [-0.4, -0.2) is 31.6 Å². The molecule has 0 amide bonds. The van der Waals surface area contributed by atoms with Crippen molar-refractivity contribution in [2.75, 3.05) is 37.7 Å². The average molecular weight is 223 g/mol. The van der Waals surface area contributed by atoms with Gasteiger partial charge in [0.05, 0.1) is 5.69 Å². The molecule has 1 unspecified atom stereocenters. The topological polar surface area (TPSA) is 41.3 Å². The molecule has 16 heavy (non-hydrogen) atoms. The van der Waals surface area contributed by atoms with E-state index in [0.717, 1.165) is 19.6 Å². The van der Waals surface area contributed by atoms with Gasteiger partial charge in [0.1, 0.15) is 5.82 Å². The van der Waals surface area contributed by atoms with Crippen LogP contribution in [0.25, 0.3) is 0 Å². The maximum absolute atomic E-state index is 13.4. The summed E-state index contributed by atoms with van der Waals surface area (Å²) in [7, 11) is 2.11. The van der Waals surface area contributed by atoms with E-state index in [-0.39, 0.29) is 5.82 Å². The Kier molecular flexibility index (Phi) is 3.29. The molecule has 4 heteroatoms. The van der Waals surface area contributed by atoms with E-state index in [1.807, 2.05) is 0 Å². The summed E-state index contributed by atoms with van der Waals surface area (Å²) in [5.74, 6) is 0.341. The largest absolute Gasteiger partial charge is 0.399 e. The first kappa shape index (κ1) is 11.2. The normalized spacial score (nSPS) is 21.2. The molecule has 1 aromatic rings. The lowest BCUT2D eigenvalue weighted by Gasteiger charge is -2.13. The monoisotopic (exact) mass is 223 g/mol. The Labute approximate surface area is 95.4 Å². The summed E-state index contributed by atoms with van der Waals surface area (Å²) in [6.07, 6.45) is 1.18. The molecule has 0 saturated carbocycles. The van der Waals surface area contributed by atoms with E-state index >= 15 is 0 Å². The highest BCUT2D eigenvalue weighted by molar-refractivity contribution is 5.52. The summed E-state index contributed by atoms with van der Waals surface area (Å²) in [6.45, 7) is 3.05. The number of hydrogen-bond donors (Lipinski definition) is 2. The second-order valence-corrected chi connectivity index (χ2v) is 4.54. The predicted octanol–water partition coefficient (Wildman–Crippen LogP) is 1.77. The minimum absolute atomic E-state index is 0.272. The van der Waals surface area contributed by atoms with Gasteiger partial charge in [-0.15, -0.1) is 0 Å². The molecule has 1 aromatic carbocycles. The van der Waals surface area contributed by atoms with Crippen molar-refractivity contribution in [1.29, 1.82) is 0 Å². The third kappa shape index (κ3) is 2.64. The van der Waals surface area contributed by atoms with Crippen molar-refractivity contribution in [2.45, 2.75) is 6.42 Å². The molecule has 1 saturated heterocycles. The first-order valence-corrected chi connectivity index (χ1v) is 5.62. The molecule has 0 radical (unpaired) electrons. The van der Waals surface area contributed by atoms with Crippen LogP contribution in [0.5, 0.6) is 0 Å². The second kappa shape index (κ2) is 4.70. The van der Waals surface area contributed by atoms with Crippen molar-refractivity contribution >= 4 is 11.4 Å². The van der Waals surface area contributed by atoms with Crippen molar-refractivity contribution in [1.82, 2.24) is 4.90 Å². The van der Waals surface area contributed by atoms with E-state index in [0.29, 0.717) is 17.3 Å². The fourth-order valence-electron chi connectivity index (χ4n) is 2.12. The molecular weight excluding hydrogens is 205 g/mol. The summed E-state index contributed by atoms with van der Waals surface area (Å²) in [5, 5.41) is 3.15. The number of nitrogens with one attached hydrogen (secondary N) is 1.